The molecule has 1 aliphatic heterocycles. The Bertz CT molecular complexity index is 1260. The maximum atomic E-state index is 13.1. The van der Waals surface area contributed by atoms with Crippen LogP contribution in [0.15, 0.2) is 36.5 Å². The fourth-order valence-corrected chi connectivity index (χ4v) is 9.70. The van der Waals surface area contributed by atoms with E-state index in [-0.39, 0.29) is 12.8 Å². The summed E-state index contributed by atoms with van der Waals surface area (Å²) in [6.45, 7) is 3.35. The van der Waals surface area contributed by atoms with Gasteiger partial charge in [-0.15, -0.1) is 0 Å². The number of nitrogens with one attached hydrogen (secondary N) is 1. The molecule has 0 radical (unpaired) electrons. The highest BCUT2D eigenvalue weighted by Gasteiger charge is 2.44. The summed E-state index contributed by atoms with van der Waals surface area (Å²) in [4.78, 5) is 13.1. The van der Waals surface area contributed by atoms with Gasteiger partial charge in [-0.05, 0) is 64.2 Å². The van der Waals surface area contributed by atoms with Crippen molar-refractivity contribution in [3.05, 3.63) is 36.5 Å². The van der Waals surface area contributed by atoms with Gasteiger partial charge in [0.25, 0.3) is 0 Å². The zero-order valence-corrected chi connectivity index (χ0v) is 46.4. The van der Waals surface area contributed by atoms with Gasteiger partial charge in [0.15, 0.2) is 6.29 Å². The number of ether oxygens (including phenoxy) is 2. The van der Waals surface area contributed by atoms with E-state index < -0.39 is 74.2 Å². The van der Waals surface area contributed by atoms with Crippen molar-refractivity contribution in [1.82, 2.24) is 5.32 Å². The molecule has 0 aliphatic carbocycles. The number of carbonyl (C=O) groups is 1. The van der Waals surface area contributed by atoms with Gasteiger partial charge in [-0.2, -0.15) is 0 Å². The highest BCUT2D eigenvalue weighted by atomic mass is 16.7. The highest BCUT2D eigenvalue weighted by Crippen LogP contribution is 2.23. The van der Waals surface area contributed by atoms with E-state index in [0.29, 0.717) is 12.8 Å². The van der Waals surface area contributed by atoms with E-state index in [4.69, 9.17) is 9.47 Å². The van der Waals surface area contributed by atoms with Crippen molar-refractivity contribution in [1.29, 1.82) is 0 Å². The molecule has 8 N–H and O–H groups in total. The first-order chi connectivity index (χ1) is 35.2. The average molecular weight is 1020 g/mol. The number of hydrogen-bond acceptors (Lipinski definition) is 10. The Morgan fingerprint density at radius 3 is 1.32 bits per heavy atom. The second kappa shape index (κ2) is 50.2. The quantitative estimate of drug-likeness (QED) is 0.0215. The minimum atomic E-state index is -1.67. The summed E-state index contributed by atoms with van der Waals surface area (Å²) >= 11 is 0. The number of allylic oxidation sites excluding steroid dienone is 6. The van der Waals surface area contributed by atoms with Gasteiger partial charge in [0.1, 0.15) is 36.6 Å². The van der Waals surface area contributed by atoms with Gasteiger partial charge in [-0.1, -0.05) is 249 Å². The highest BCUT2D eigenvalue weighted by molar-refractivity contribution is 5.80. The largest absolute Gasteiger partial charge is 0.394 e. The summed E-state index contributed by atoms with van der Waals surface area (Å²) in [6, 6.07) is -1.18. The van der Waals surface area contributed by atoms with Gasteiger partial charge in [-0.3, -0.25) is 4.79 Å². The second-order valence-electron chi connectivity index (χ2n) is 21.4. The molecule has 1 aliphatic rings. The topological polar surface area (TPSA) is 189 Å². The molecule has 0 saturated carbocycles. The Morgan fingerprint density at radius 1 is 0.486 bits per heavy atom. The SMILES string of the molecule is CCCC/C=C/CCCC(O)C(O)C(COC1OC(CO)C(O)C(O)C1O)NC(=O)C(O)CCCCCCCCCCCCCCCCCC/C=C\C/C=C\CCCCCCCCCCCCCCCCC. The molecule has 1 saturated heterocycles. The summed E-state index contributed by atoms with van der Waals surface area (Å²) in [5.41, 5.74) is 0. The first-order valence-electron chi connectivity index (χ1n) is 30.4. The van der Waals surface area contributed by atoms with Crippen LogP contribution in [0.2, 0.25) is 0 Å². The van der Waals surface area contributed by atoms with E-state index in [1.54, 1.807) is 0 Å². The normalized spacial score (nSPS) is 20.3. The maximum Gasteiger partial charge on any atom is 0.249 e. The molecule has 0 aromatic rings. The Kier molecular flexibility index (Phi) is 47.6. The summed E-state index contributed by atoms with van der Waals surface area (Å²) in [5, 5.41) is 75.5. The van der Waals surface area contributed by atoms with Crippen molar-refractivity contribution < 1.29 is 50.0 Å². The van der Waals surface area contributed by atoms with Crippen LogP contribution in [0.5, 0.6) is 0 Å². The van der Waals surface area contributed by atoms with Crippen LogP contribution in [0.3, 0.4) is 0 Å². The predicted molar refractivity (Wildman–Crippen MR) is 298 cm³/mol. The number of aliphatic hydroxyl groups is 7. The Morgan fingerprint density at radius 2 is 0.875 bits per heavy atom. The van der Waals surface area contributed by atoms with E-state index in [0.717, 1.165) is 51.4 Å². The van der Waals surface area contributed by atoms with Crippen LogP contribution in [0.1, 0.15) is 277 Å². The number of amides is 1. The van der Waals surface area contributed by atoms with Crippen LogP contribution in [-0.2, 0) is 14.3 Å². The molecule has 9 atom stereocenters. The summed E-state index contributed by atoms with van der Waals surface area (Å²) in [5.74, 6) is -0.708. The number of aliphatic hydroxyl groups excluding tert-OH is 7. The van der Waals surface area contributed by atoms with Crippen LogP contribution in [-0.4, -0.2) is 110 Å². The lowest BCUT2D eigenvalue weighted by Crippen LogP contribution is -2.60. The zero-order chi connectivity index (χ0) is 52.5. The predicted octanol–water partition coefficient (Wildman–Crippen LogP) is 13.1. The zero-order valence-electron chi connectivity index (χ0n) is 46.4. The minimum absolute atomic E-state index is 0.254. The molecule has 0 aromatic carbocycles. The van der Waals surface area contributed by atoms with Crippen LogP contribution in [0, 0.1) is 0 Å². The van der Waals surface area contributed by atoms with E-state index in [2.05, 4.69) is 55.6 Å². The molecule has 9 unspecified atom stereocenters. The third-order valence-corrected chi connectivity index (χ3v) is 14.7. The monoisotopic (exact) mass is 1020 g/mol. The average Bonchev–Trinajstić information content (AvgIpc) is 3.38. The molecule has 1 amide bonds. The Labute approximate surface area is 441 Å². The first kappa shape index (κ1) is 68.3. The van der Waals surface area contributed by atoms with E-state index in [1.807, 2.05) is 0 Å². The lowest BCUT2D eigenvalue weighted by molar-refractivity contribution is -0.303. The van der Waals surface area contributed by atoms with E-state index >= 15 is 0 Å². The Balaban J connectivity index is 2.06. The summed E-state index contributed by atoms with van der Waals surface area (Å²) in [7, 11) is 0. The summed E-state index contributed by atoms with van der Waals surface area (Å²) in [6.07, 6.45) is 51.5. The van der Waals surface area contributed by atoms with E-state index in [9.17, 15) is 40.5 Å². The number of unbranched alkanes of at least 4 members (excludes halogenated alkanes) is 34. The first-order valence-corrected chi connectivity index (χ1v) is 30.4. The van der Waals surface area contributed by atoms with Crippen molar-refractivity contribution in [2.45, 2.75) is 332 Å². The van der Waals surface area contributed by atoms with Crippen LogP contribution in [0.4, 0.5) is 0 Å². The van der Waals surface area contributed by atoms with Gasteiger partial charge in [0.2, 0.25) is 5.91 Å². The fourth-order valence-electron chi connectivity index (χ4n) is 9.70. The number of carbonyl (C=O) groups excluding carboxylic acids is 1. The van der Waals surface area contributed by atoms with Gasteiger partial charge < -0.3 is 50.5 Å². The fraction of sp³-hybridized carbons (Fsp3) is 0.885. The van der Waals surface area contributed by atoms with Crippen molar-refractivity contribution in [3.8, 4) is 0 Å². The molecular weight excluding hydrogens is 907 g/mol. The molecular formula is C61H115NO10. The lowest BCUT2D eigenvalue weighted by Gasteiger charge is -2.40. The number of rotatable bonds is 52. The van der Waals surface area contributed by atoms with Crippen molar-refractivity contribution >= 4 is 5.91 Å². The van der Waals surface area contributed by atoms with Crippen LogP contribution >= 0.6 is 0 Å². The lowest BCUT2D eigenvalue weighted by atomic mass is 9.98. The van der Waals surface area contributed by atoms with Gasteiger partial charge >= 0.3 is 0 Å². The molecule has 1 rings (SSSR count). The van der Waals surface area contributed by atoms with Gasteiger partial charge in [0, 0.05) is 0 Å². The van der Waals surface area contributed by atoms with Crippen molar-refractivity contribution in [2.24, 2.45) is 0 Å². The summed E-state index contributed by atoms with van der Waals surface area (Å²) < 4.78 is 11.1. The molecule has 11 heteroatoms. The molecule has 1 heterocycles. The number of hydrogen-bond donors (Lipinski definition) is 8. The molecule has 0 bridgehead atoms. The Hall–Kier alpha value is -1.67. The smallest absolute Gasteiger partial charge is 0.249 e. The van der Waals surface area contributed by atoms with Crippen LogP contribution < -0.4 is 5.32 Å². The minimum Gasteiger partial charge on any atom is -0.394 e. The molecule has 0 spiro atoms. The van der Waals surface area contributed by atoms with Gasteiger partial charge in [0.05, 0.1) is 25.4 Å². The standard InChI is InChI=1S/C61H115NO10/c1-3-5-7-9-11-12-13-14-15-16-17-18-19-20-21-22-23-24-25-26-27-28-29-30-31-32-33-34-35-36-37-38-39-40-41-43-45-47-49-54(65)60(70)62-52(56(66)53(64)48-46-44-42-10-8-6-4-2)51-71-61-59(69)58(68)57(67)55(50-63)72-61/h10,23-24,26-27,42,52-59,61,63-69H,3-9,11-22,25,28-41,43-51H2,1-2H3,(H,62,70)/b24-23-,27-26-,42-10+. The maximum absolute atomic E-state index is 13.1. The van der Waals surface area contributed by atoms with Crippen LogP contribution in [0.25, 0.3) is 0 Å². The second-order valence-corrected chi connectivity index (χ2v) is 21.4. The molecule has 11 nitrogen and oxygen atoms in total. The third-order valence-electron chi connectivity index (χ3n) is 14.7. The molecule has 0 aromatic heterocycles. The van der Waals surface area contributed by atoms with Crippen molar-refractivity contribution in [3.63, 3.8) is 0 Å². The third kappa shape index (κ3) is 38.0. The molecule has 1 fully saturated rings. The molecule has 72 heavy (non-hydrogen) atoms. The molecule has 424 valence electrons. The van der Waals surface area contributed by atoms with E-state index in [1.165, 1.54) is 186 Å². The van der Waals surface area contributed by atoms with Gasteiger partial charge in [-0.25, -0.2) is 0 Å². The van der Waals surface area contributed by atoms with Crippen molar-refractivity contribution in [2.75, 3.05) is 13.2 Å².